The summed E-state index contributed by atoms with van der Waals surface area (Å²) < 4.78 is 67.1. The highest BCUT2D eigenvalue weighted by Crippen LogP contribution is 2.32. The number of hydrogen-bond acceptors (Lipinski definition) is 4. The van der Waals surface area contributed by atoms with Crippen LogP contribution in [0, 0.1) is 0 Å². The fourth-order valence-corrected chi connectivity index (χ4v) is 5.52. The van der Waals surface area contributed by atoms with Crippen molar-refractivity contribution in [2.75, 3.05) is 41.9 Å². The Bertz CT molecular complexity index is 1310. The van der Waals surface area contributed by atoms with Crippen molar-refractivity contribution >= 4 is 38.9 Å². The van der Waals surface area contributed by atoms with Gasteiger partial charge in [0, 0.05) is 36.9 Å². The summed E-state index contributed by atoms with van der Waals surface area (Å²) in [7, 11) is -4.05. The summed E-state index contributed by atoms with van der Waals surface area (Å²) in [6.45, 7) is 0.700. The van der Waals surface area contributed by atoms with E-state index in [0.29, 0.717) is 29.5 Å². The molecule has 3 aromatic rings. The molecular weight excluding hydrogens is 515 g/mol. The summed E-state index contributed by atoms with van der Waals surface area (Å²) in [6, 6.07) is 19.0. The van der Waals surface area contributed by atoms with E-state index in [9.17, 15) is 26.4 Å². The number of carbonyl (C=O) groups excluding carboxylic acids is 1. The van der Waals surface area contributed by atoms with Crippen molar-refractivity contribution in [3.8, 4) is 0 Å². The molecule has 0 unspecified atom stereocenters. The van der Waals surface area contributed by atoms with Crippen molar-refractivity contribution in [2.45, 2.75) is 11.1 Å². The molecule has 1 heterocycles. The topological polar surface area (TPSA) is 60.9 Å². The first kappa shape index (κ1) is 25.8. The standard InChI is InChI=1S/C25H23ClF3N3O3S/c26-20-9-11-21(12-10-20)32(36(34,35)23-7-2-1-3-8-23)18-24(33)31-15-13-30(14-16-31)22-6-4-5-19(17-22)25(27,28)29/h1-12,17H,13-16,18H2. The van der Waals surface area contributed by atoms with E-state index in [1.165, 1.54) is 35.2 Å². The van der Waals surface area contributed by atoms with Gasteiger partial charge in [-0.25, -0.2) is 8.42 Å². The van der Waals surface area contributed by atoms with Gasteiger partial charge in [-0.15, -0.1) is 0 Å². The first-order valence-electron chi connectivity index (χ1n) is 11.1. The van der Waals surface area contributed by atoms with Gasteiger partial charge in [0.15, 0.2) is 0 Å². The average molecular weight is 538 g/mol. The third-order valence-electron chi connectivity index (χ3n) is 5.90. The molecule has 1 amide bonds. The molecule has 4 rings (SSSR count). The van der Waals surface area contributed by atoms with Crippen molar-refractivity contribution in [3.63, 3.8) is 0 Å². The molecule has 11 heteroatoms. The summed E-state index contributed by atoms with van der Waals surface area (Å²) in [5, 5.41) is 0.424. The lowest BCUT2D eigenvalue weighted by Gasteiger charge is -2.37. The molecule has 0 atom stereocenters. The normalized spacial score (nSPS) is 14.6. The van der Waals surface area contributed by atoms with Gasteiger partial charge in [-0.1, -0.05) is 35.9 Å². The highest BCUT2D eigenvalue weighted by molar-refractivity contribution is 7.92. The maximum absolute atomic E-state index is 13.4. The zero-order valence-corrected chi connectivity index (χ0v) is 20.6. The minimum absolute atomic E-state index is 0.0436. The van der Waals surface area contributed by atoms with Crippen LogP contribution in [0.15, 0.2) is 83.8 Å². The van der Waals surface area contributed by atoms with Crippen molar-refractivity contribution < 1.29 is 26.4 Å². The molecule has 1 saturated heterocycles. The molecule has 0 radical (unpaired) electrons. The molecule has 0 bridgehead atoms. The number of anilines is 2. The van der Waals surface area contributed by atoms with Crippen molar-refractivity contribution in [3.05, 3.63) is 89.4 Å². The third-order valence-corrected chi connectivity index (χ3v) is 7.94. The fourth-order valence-electron chi connectivity index (χ4n) is 3.96. The lowest BCUT2D eigenvalue weighted by Crippen LogP contribution is -2.52. The zero-order chi connectivity index (χ0) is 25.9. The molecule has 0 aromatic heterocycles. The second kappa shape index (κ2) is 10.4. The number of amides is 1. The molecule has 1 aliphatic rings. The Kier molecular flexibility index (Phi) is 7.46. The summed E-state index contributed by atoms with van der Waals surface area (Å²) in [4.78, 5) is 16.5. The predicted octanol–water partition coefficient (Wildman–Crippen LogP) is 4.90. The van der Waals surface area contributed by atoms with Crippen LogP contribution in [0.25, 0.3) is 0 Å². The van der Waals surface area contributed by atoms with Crippen LogP contribution in [-0.4, -0.2) is 51.9 Å². The van der Waals surface area contributed by atoms with E-state index in [1.807, 2.05) is 0 Å². The first-order valence-corrected chi connectivity index (χ1v) is 12.9. The number of alkyl halides is 3. The van der Waals surface area contributed by atoms with Gasteiger partial charge in [0.25, 0.3) is 10.0 Å². The number of nitrogens with zero attached hydrogens (tertiary/aromatic N) is 3. The van der Waals surface area contributed by atoms with Crippen molar-refractivity contribution in [2.24, 2.45) is 0 Å². The summed E-state index contributed by atoms with van der Waals surface area (Å²) >= 11 is 5.96. The third kappa shape index (κ3) is 5.76. The van der Waals surface area contributed by atoms with Crippen LogP contribution >= 0.6 is 11.6 Å². The van der Waals surface area contributed by atoms with Crippen LogP contribution < -0.4 is 9.21 Å². The van der Waals surface area contributed by atoms with Crippen molar-refractivity contribution in [1.82, 2.24) is 4.90 Å². The highest BCUT2D eigenvalue weighted by atomic mass is 35.5. The Balaban J connectivity index is 1.50. The van der Waals surface area contributed by atoms with Gasteiger partial charge in [-0.2, -0.15) is 13.2 Å². The van der Waals surface area contributed by atoms with E-state index in [4.69, 9.17) is 11.6 Å². The Morgan fingerprint density at radius 1 is 0.889 bits per heavy atom. The minimum atomic E-state index is -4.44. The number of sulfonamides is 1. The zero-order valence-electron chi connectivity index (χ0n) is 19.0. The molecule has 0 spiro atoms. The smallest absolute Gasteiger partial charge is 0.368 e. The van der Waals surface area contributed by atoms with Crippen LogP contribution in [0.4, 0.5) is 24.5 Å². The molecule has 0 saturated carbocycles. The number of piperazine rings is 1. The Labute approximate surface area is 212 Å². The monoisotopic (exact) mass is 537 g/mol. The van der Waals surface area contributed by atoms with E-state index >= 15 is 0 Å². The lowest BCUT2D eigenvalue weighted by molar-refractivity contribution is -0.137. The van der Waals surface area contributed by atoms with Crippen LogP contribution in [-0.2, 0) is 21.0 Å². The van der Waals surface area contributed by atoms with Crippen LogP contribution in [0.3, 0.4) is 0 Å². The number of halogens is 4. The van der Waals surface area contributed by atoms with Crippen LogP contribution in [0.5, 0.6) is 0 Å². The van der Waals surface area contributed by atoms with Gasteiger partial charge in [0.05, 0.1) is 16.1 Å². The van der Waals surface area contributed by atoms with E-state index in [0.717, 1.165) is 16.4 Å². The van der Waals surface area contributed by atoms with Gasteiger partial charge in [0.1, 0.15) is 6.54 Å². The molecule has 190 valence electrons. The maximum Gasteiger partial charge on any atom is 0.416 e. The average Bonchev–Trinajstić information content (AvgIpc) is 2.88. The van der Waals surface area contributed by atoms with Gasteiger partial charge in [0.2, 0.25) is 5.91 Å². The predicted molar refractivity (Wildman–Crippen MR) is 133 cm³/mol. The quantitative estimate of drug-likeness (QED) is 0.449. The Morgan fingerprint density at radius 2 is 1.53 bits per heavy atom. The van der Waals surface area contributed by atoms with Gasteiger partial charge in [-0.3, -0.25) is 9.10 Å². The van der Waals surface area contributed by atoms with E-state index in [-0.39, 0.29) is 18.0 Å². The van der Waals surface area contributed by atoms with Crippen molar-refractivity contribution in [1.29, 1.82) is 0 Å². The number of benzene rings is 3. The Hall–Kier alpha value is -3.24. The van der Waals surface area contributed by atoms with E-state index < -0.39 is 34.2 Å². The molecule has 1 aliphatic heterocycles. The molecule has 1 fully saturated rings. The second-order valence-corrected chi connectivity index (χ2v) is 10.5. The number of rotatable bonds is 6. The maximum atomic E-state index is 13.4. The molecule has 36 heavy (non-hydrogen) atoms. The van der Waals surface area contributed by atoms with Gasteiger partial charge in [-0.05, 0) is 54.6 Å². The van der Waals surface area contributed by atoms with Gasteiger partial charge >= 0.3 is 6.18 Å². The van der Waals surface area contributed by atoms with Crippen LogP contribution in [0.1, 0.15) is 5.56 Å². The van der Waals surface area contributed by atoms with E-state index in [2.05, 4.69) is 0 Å². The molecule has 0 N–H and O–H groups in total. The lowest BCUT2D eigenvalue weighted by atomic mass is 10.1. The molecule has 6 nitrogen and oxygen atoms in total. The Morgan fingerprint density at radius 3 is 2.14 bits per heavy atom. The number of hydrogen-bond donors (Lipinski definition) is 0. The SMILES string of the molecule is O=C(CN(c1ccc(Cl)cc1)S(=O)(=O)c1ccccc1)N1CCN(c2cccc(C(F)(F)F)c2)CC1. The molecule has 0 aliphatic carbocycles. The molecular formula is C25H23ClF3N3O3S. The summed E-state index contributed by atoms with van der Waals surface area (Å²) in [5.74, 6) is -0.409. The second-order valence-electron chi connectivity index (χ2n) is 8.22. The number of carbonyl (C=O) groups is 1. The van der Waals surface area contributed by atoms with E-state index in [1.54, 1.807) is 41.3 Å². The highest BCUT2D eigenvalue weighted by Gasteiger charge is 2.32. The summed E-state index contributed by atoms with van der Waals surface area (Å²) in [5.41, 5.74) is -0.0196. The first-order chi connectivity index (χ1) is 17.1. The summed E-state index contributed by atoms with van der Waals surface area (Å²) in [6.07, 6.45) is -4.44. The van der Waals surface area contributed by atoms with Gasteiger partial charge < -0.3 is 9.80 Å². The minimum Gasteiger partial charge on any atom is -0.368 e. The molecule has 3 aromatic carbocycles. The fraction of sp³-hybridized carbons (Fsp3) is 0.240. The van der Waals surface area contributed by atoms with Crippen LogP contribution in [0.2, 0.25) is 5.02 Å². The largest absolute Gasteiger partial charge is 0.416 e.